The zero-order valence-electron chi connectivity index (χ0n) is 14.3. The molecule has 0 saturated carbocycles. The normalized spacial score (nSPS) is 10.7. The number of carbonyl (C=O) groups is 2. The fraction of sp³-hybridized carbons (Fsp3) is 0.353. The van der Waals surface area contributed by atoms with Crippen molar-refractivity contribution in [3.63, 3.8) is 0 Å². The van der Waals surface area contributed by atoms with E-state index >= 15 is 0 Å². The Morgan fingerprint density at radius 1 is 1.21 bits per heavy atom. The molecule has 1 aromatic carbocycles. The van der Waals surface area contributed by atoms with Crippen molar-refractivity contribution in [1.82, 2.24) is 9.88 Å². The van der Waals surface area contributed by atoms with E-state index in [2.05, 4.69) is 15.6 Å². The number of nitrogens with one attached hydrogen (secondary N) is 2. The molecule has 0 radical (unpaired) electrons. The lowest BCUT2D eigenvalue weighted by Gasteiger charge is -2.16. The van der Waals surface area contributed by atoms with Gasteiger partial charge >= 0.3 is 0 Å². The van der Waals surface area contributed by atoms with Crippen LogP contribution in [0.2, 0.25) is 0 Å². The molecule has 1 heterocycles. The van der Waals surface area contributed by atoms with Gasteiger partial charge in [0.2, 0.25) is 11.8 Å². The molecule has 2 aromatic rings. The lowest BCUT2D eigenvalue weighted by Crippen LogP contribution is -2.29. The molecular weight excluding hydrogens is 324 g/mol. The quantitative estimate of drug-likeness (QED) is 0.843. The number of aromatic nitrogens is 1. The van der Waals surface area contributed by atoms with E-state index in [1.54, 1.807) is 35.6 Å². The van der Waals surface area contributed by atoms with Gasteiger partial charge in [0.15, 0.2) is 0 Å². The molecular formula is C17H22N4O2S. The number of hydrogen-bond acceptors (Lipinski definition) is 5. The van der Waals surface area contributed by atoms with Crippen molar-refractivity contribution in [2.24, 2.45) is 0 Å². The summed E-state index contributed by atoms with van der Waals surface area (Å²) in [5, 5.41) is 6.58. The van der Waals surface area contributed by atoms with Crippen LogP contribution in [-0.4, -0.2) is 35.3 Å². The first kappa shape index (κ1) is 18.1. The number of benzene rings is 1. The number of aryl methyl sites for hydroxylation is 2. The molecule has 0 aliphatic carbocycles. The predicted octanol–water partition coefficient (Wildman–Crippen LogP) is 2.79. The van der Waals surface area contributed by atoms with Crippen molar-refractivity contribution in [2.45, 2.75) is 27.3 Å². The van der Waals surface area contributed by atoms with Gasteiger partial charge in [0, 0.05) is 29.7 Å². The summed E-state index contributed by atoms with van der Waals surface area (Å²) < 4.78 is 0. The zero-order valence-corrected chi connectivity index (χ0v) is 15.2. The molecule has 24 heavy (non-hydrogen) atoms. The smallest absolute Gasteiger partial charge is 0.238 e. The lowest BCUT2D eigenvalue weighted by atomic mass is 10.2. The van der Waals surface area contributed by atoms with E-state index in [1.807, 2.05) is 25.8 Å². The topological polar surface area (TPSA) is 74.3 Å². The Morgan fingerprint density at radius 3 is 2.46 bits per heavy atom. The van der Waals surface area contributed by atoms with E-state index in [4.69, 9.17) is 0 Å². The van der Waals surface area contributed by atoms with Gasteiger partial charge in [0.05, 0.1) is 17.2 Å². The number of nitrogens with zero attached hydrogens (tertiary/aromatic N) is 2. The number of carbonyl (C=O) groups excluding carboxylic acids is 2. The third kappa shape index (κ3) is 5.43. The Kier molecular flexibility index (Phi) is 6.05. The highest BCUT2D eigenvalue weighted by atomic mass is 32.1. The summed E-state index contributed by atoms with van der Waals surface area (Å²) in [5.74, 6) is -0.246. The first-order valence-electron chi connectivity index (χ1n) is 7.62. The second-order valence-corrected chi connectivity index (χ2v) is 7.01. The van der Waals surface area contributed by atoms with Gasteiger partial charge in [-0.1, -0.05) is 6.07 Å². The monoisotopic (exact) mass is 346 g/mol. The number of rotatable bonds is 6. The fourth-order valence-electron chi connectivity index (χ4n) is 2.34. The summed E-state index contributed by atoms with van der Waals surface area (Å²) in [6.07, 6.45) is 0. The van der Waals surface area contributed by atoms with Crippen molar-refractivity contribution in [1.29, 1.82) is 0 Å². The molecule has 2 rings (SSSR count). The maximum Gasteiger partial charge on any atom is 0.238 e. The van der Waals surface area contributed by atoms with Crippen LogP contribution in [0.25, 0.3) is 0 Å². The van der Waals surface area contributed by atoms with Crippen molar-refractivity contribution < 1.29 is 9.59 Å². The maximum atomic E-state index is 12.2. The largest absolute Gasteiger partial charge is 0.326 e. The minimum atomic E-state index is -0.145. The van der Waals surface area contributed by atoms with Gasteiger partial charge in [0.1, 0.15) is 0 Å². The average Bonchev–Trinajstić information content (AvgIpc) is 2.75. The highest BCUT2D eigenvalue weighted by molar-refractivity contribution is 7.11. The Bertz CT molecular complexity index is 742. The number of amides is 2. The van der Waals surface area contributed by atoms with E-state index in [1.165, 1.54) is 11.8 Å². The van der Waals surface area contributed by atoms with Crippen molar-refractivity contribution in [3.8, 4) is 0 Å². The van der Waals surface area contributed by atoms with Crippen LogP contribution in [0.5, 0.6) is 0 Å². The number of hydrogen-bond donors (Lipinski definition) is 2. The molecule has 0 aliphatic rings. The van der Waals surface area contributed by atoms with Crippen LogP contribution in [-0.2, 0) is 16.1 Å². The van der Waals surface area contributed by atoms with Crippen molar-refractivity contribution in [2.75, 3.05) is 24.2 Å². The molecule has 0 atom stereocenters. The molecule has 1 aromatic heterocycles. The standard InChI is InChI=1S/C17H22N4O2S/c1-11-16(24-13(3)18-11)9-21(4)10-17(23)20-15-7-5-6-14(8-15)19-12(2)22/h5-8H,9-10H2,1-4H3,(H,19,22)(H,20,23). The zero-order chi connectivity index (χ0) is 17.7. The molecule has 0 fully saturated rings. The first-order valence-corrected chi connectivity index (χ1v) is 8.44. The third-order valence-corrected chi connectivity index (χ3v) is 4.35. The Balaban J connectivity index is 1.90. The highest BCUT2D eigenvalue weighted by Gasteiger charge is 2.11. The van der Waals surface area contributed by atoms with Gasteiger partial charge in [-0.25, -0.2) is 4.98 Å². The number of anilines is 2. The van der Waals surface area contributed by atoms with Crippen LogP contribution in [0.1, 0.15) is 22.5 Å². The molecule has 0 bridgehead atoms. The number of likely N-dealkylation sites (N-methyl/N-ethyl adjacent to an activating group) is 1. The third-order valence-electron chi connectivity index (χ3n) is 3.29. The molecule has 2 amide bonds. The van der Waals surface area contributed by atoms with E-state index in [0.717, 1.165) is 10.7 Å². The van der Waals surface area contributed by atoms with E-state index in [0.29, 0.717) is 17.9 Å². The molecule has 2 N–H and O–H groups in total. The van der Waals surface area contributed by atoms with Gasteiger partial charge in [-0.15, -0.1) is 11.3 Å². The van der Waals surface area contributed by atoms with Crippen LogP contribution in [0.15, 0.2) is 24.3 Å². The summed E-state index contributed by atoms with van der Waals surface area (Å²) in [4.78, 5) is 30.8. The van der Waals surface area contributed by atoms with Crippen LogP contribution < -0.4 is 10.6 Å². The lowest BCUT2D eigenvalue weighted by molar-refractivity contribution is -0.117. The first-order chi connectivity index (χ1) is 11.3. The second kappa shape index (κ2) is 8.03. The SMILES string of the molecule is CC(=O)Nc1cccc(NC(=O)CN(C)Cc2sc(C)nc2C)c1. The molecule has 128 valence electrons. The van der Waals surface area contributed by atoms with Crippen LogP contribution >= 0.6 is 11.3 Å². The van der Waals surface area contributed by atoms with Gasteiger partial charge in [0.25, 0.3) is 0 Å². The van der Waals surface area contributed by atoms with Gasteiger partial charge in [-0.2, -0.15) is 0 Å². The van der Waals surface area contributed by atoms with Gasteiger partial charge in [-0.3, -0.25) is 14.5 Å². The van der Waals surface area contributed by atoms with Gasteiger partial charge < -0.3 is 10.6 Å². The molecule has 0 aliphatic heterocycles. The Morgan fingerprint density at radius 2 is 1.88 bits per heavy atom. The molecule has 6 nitrogen and oxygen atoms in total. The van der Waals surface area contributed by atoms with Gasteiger partial charge in [-0.05, 0) is 39.1 Å². The van der Waals surface area contributed by atoms with Crippen molar-refractivity contribution in [3.05, 3.63) is 39.8 Å². The Hall–Kier alpha value is -2.25. The fourth-order valence-corrected chi connectivity index (χ4v) is 3.36. The minimum Gasteiger partial charge on any atom is -0.326 e. The Labute approximate surface area is 145 Å². The summed E-state index contributed by atoms with van der Waals surface area (Å²) in [6.45, 7) is 6.39. The van der Waals surface area contributed by atoms with E-state index in [9.17, 15) is 9.59 Å². The molecule has 0 unspecified atom stereocenters. The second-order valence-electron chi connectivity index (χ2n) is 5.72. The molecule has 0 spiro atoms. The van der Waals surface area contributed by atoms with Crippen LogP contribution in [0, 0.1) is 13.8 Å². The molecule has 0 saturated heterocycles. The van der Waals surface area contributed by atoms with Crippen LogP contribution in [0.3, 0.4) is 0 Å². The number of thiazole rings is 1. The summed E-state index contributed by atoms with van der Waals surface area (Å²) in [7, 11) is 1.90. The van der Waals surface area contributed by atoms with E-state index < -0.39 is 0 Å². The van der Waals surface area contributed by atoms with E-state index in [-0.39, 0.29) is 18.4 Å². The average molecular weight is 346 g/mol. The summed E-state index contributed by atoms with van der Waals surface area (Å²) in [6, 6.07) is 7.09. The van der Waals surface area contributed by atoms with Crippen molar-refractivity contribution >= 4 is 34.5 Å². The minimum absolute atomic E-state index is 0.101. The summed E-state index contributed by atoms with van der Waals surface area (Å²) in [5.41, 5.74) is 2.33. The predicted molar refractivity (Wildman–Crippen MR) is 97.3 cm³/mol. The van der Waals surface area contributed by atoms with Crippen LogP contribution in [0.4, 0.5) is 11.4 Å². The molecule has 7 heteroatoms. The highest BCUT2D eigenvalue weighted by Crippen LogP contribution is 2.19. The maximum absolute atomic E-state index is 12.2. The summed E-state index contributed by atoms with van der Waals surface area (Å²) >= 11 is 1.66.